The Labute approximate surface area is 255 Å². The molecule has 5 rings (SSSR count). The van der Waals surface area contributed by atoms with Crippen LogP contribution in [0.15, 0.2) is 109 Å². The lowest BCUT2D eigenvalue weighted by Crippen LogP contribution is -2.42. The summed E-state index contributed by atoms with van der Waals surface area (Å²) in [6.07, 6.45) is 21.9. The van der Waals surface area contributed by atoms with E-state index in [4.69, 9.17) is 0 Å². The molecule has 3 heteroatoms. The third-order valence-corrected chi connectivity index (χ3v) is 9.71. The number of nitrogens with one attached hydrogen (secondary N) is 1. The molecule has 1 aliphatic heterocycles. The third-order valence-electron chi connectivity index (χ3n) is 9.71. The number of hydrogen-bond acceptors (Lipinski definition) is 3. The quantitative estimate of drug-likeness (QED) is 0.252. The van der Waals surface area contributed by atoms with Gasteiger partial charge >= 0.3 is 0 Å². The van der Waals surface area contributed by atoms with Crippen molar-refractivity contribution in [3.05, 3.63) is 126 Å². The van der Waals surface area contributed by atoms with Crippen molar-refractivity contribution in [2.24, 2.45) is 11.8 Å². The van der Waals surface area contributed by atoms with E-state index in [0.29, 0.717) is 17.9 Å². The number of allylic oxidation sites excluding steroid dienone is 7. The fourth-order valence-electron chi connectivity index (χ4n) is 7.15. The Morgan fingerprint density at radius 1 is 0.976 bits per heavy atom. The monoisotopic (exact) mass is 561 g/mol. The number of hydrogen-bond donors (Lipinski definition) is 1. The van der Waals surface area contributed by atoms with Crippen LogP contribution >= 0.6 is 0 Å². The van der Waals surface area contributed by atoms with Crippen molar-refractivity contribution in [1.29, 1.82) is 0 Å². The molecule has 0 amide bonds. The smallest absolute Gasteiger partial charge is 0.0486 e. The number of benzene rings is 2. The Hall–Kier alpha value is -3.14. The first kappa shape index (κ1) is 30.3. The van der Waals surface area contributed by atoms with Gasteiger partial charge < -0.3 is 10.2 Å². The fourth-order valence-corrected chi connectivity index (χ4v) is 7.15. The molecule has 42 heavy (non-hydrogen) atoms. The molecule has 2 aromatic rings. The summed E-state index contributed by atoms with van der Waals surface area (Å²) in [7, 11) is 0. The van der Waals surface area contributed by atoms with Gasteiger partial charge in [-0.2, -0.15) is 0 Å². The largest absolute Gasteiger partial charge is 0.383 e. The molecule has 0 bridgehead atoms. The lowest BCUT2D eigenvalue weighted by atomic mass is 9.81. The van der Waals surface area contributed by atoms with Gasteiger partial charge in [0.25, 0.3) is 0 Å². The number of nitrogens with zero attached hydrogens (tertiary/aromatic N) is 2. The van der Waals surface area contributed by atoms with Gasteiger partial charge in [-0.3, -0.25) is 4.90 Å². The van der Waals surface area contributed by atoms with Gasteiger partial charge in [-0.15, -0.1) is 0 Å². The Bertz CT molecular complexity index is 1260. The molecule has 0 aromatic heterocycles. The summed E-state index contributed by atoms with van der Waals surface area (Å²) in [5, 5.41) is 3.70. The van der Waals surface area contributed by atoms with E-state index in [2.05, 4.69) is 133 Å². The lowest BCUT2D eigenvalue weighted by molar-refractivity contribution is 0.166. The summed E-state index contributed by atoms with van der Waals surface area (Å²) in [4.78, 5) is 5.27. The van der Waals surface area contributed by atoms with Crippen molar-refractivity contribution in [3.63, 3.8) is 0 Å². The second-order valence-electron chi connectivity index (χ2n) is 12.3. The molecule has 3 atom stereocenters. The average molecular weight is 562 g/mol. The van der Waals surface area contributed by atoms with Crippen molar-refractivity contribution in [2.75, 3.05) is 39.3 Å². The molecule has 1 fully saturated rings. The molecule has 1 heterocycles. The average Bonchev–Trinajstić information content (AvgIpc) is 3.58. The van der Waals surface area contributed by atoms with Crippen molar-refractivity contribution in [3.8, 4) is 0 Å². The minimum atomic E-state index is 0.409. The molecule has 2 aliphatic carbocycles. The maximum Gasteiger partial charge on any atom is 0.0486 e. The van der Waals surface area contributed by atoms with Crippen LogP contribution in [-0.4, -0.2) is 55.1 Å². The zero-order valence-electron chi connectivity index (χ0n) is 25.9. The summed E-state index contributed by atoms with van der Waals surface area (Å²) < 4.78 is 0. The van der Waals surface area contributed by atoms with Gasteiger partial charge in [-0.05, 0) is 98.4 Å². The van der Waals surface area contributed by atoms with Gasteiger partial charge in [0.2, 0.25) is 0 Å². The highest BCUT2D eigenvalue weighted by molar-refractivity contribution is 5.62. The van der Waals surface area contributed by atoms with E-state index in [-0.39, 0.29) is 0 Å². The molecule has 3 nitrogen and oxygen atoms in total. The molecule has 3 aliphatic rings. The van der Waals surface area contributed by atoms with Crippen LogP contribution in [-0.2, 0) is 6.42 Å². The van der Waals surface area contributed by atoms with E-state index >= 15 is 0 Å². The van der Waals surface area contributed by atoms with Crippen LogP contribution in [0.1, 0.15) is 62.1 Å². The highest BCUT2D eigenvalue weighted by Crippen LogP contribution is 2.33. The first-order chi connectivity index (χ1) is 20.6. The molecular weight excluding hydrogens is 510 g/mol. The normalized spacial score (nSPS) is 20.5. The van der Waals surface area contributed by atoms with E-state index in [1.54, 1.807) is 0 Å². The summed E-state index contributed by atoms with van der Waals surface area (Å²) >= 11 is 0. The van der Waals surface area contributed by atoms with Gasteiger partial charge in [0, 0.05) is 30.7 Å². The van der Waals surface area contributed by atoms with Crippen LogP contribution in [0.5, 0.6) is 0 Å². The number of likely N-dealkylation sites (N-methyl/N-ethyl adjacent to an activating group) is 1. The molecule has 3 unspecified atom stereocenters. The van der Waals surface area contributed by atoms with E-state index < -0.39 is 0 Å². The summed E-state index contributed by atoms with van der Waals surface area (Å²) in [6, 6.07) is 20.7. The Morgan fingerprint density at radius 3 is 2.48 bits per heavy atom. The molecule has 0 saturated carbocycles. The lowest BCUT2D eigenvalue weighted by Gasteiger charge is -2.36. The summed E-state index contributed by atoms with van der Waals surface area (Å²) in [5.41, 5.74) is 6.69. The summed E-state index contributed by atoms with van der Waals surface area (Å²) in [6.45, 7) is 15.5. The minimum absolute atomic E-state index is 0.409. The van der Waals surface area contributed by atoms with Gasteiger partial charge in [0.15, 0.2) is 0 Å². The topological polar surface area (TPSA) is 18.5 Å². The maximum atomic E-state index is 4.44. The predicted molar refractivity (Wildman–Crippen MR) is 180 cm³/mol. The Balaban J connectivity index is 1.13. The highest BCUT2D eigenvalue weighted by Gasteiger charge is 2.27. The van der Waals surface area contributed by atoms with Crippen LogP contribution in [0.25, 0.3) is 5.70 Å². The molecule has 0 spiro atoms. The van der Waals surface area contributed by atoms with E-state index in [0.717, 1.165) is 57.1 Å². The number of piperidine rings is 1. The van der Waals surface area contributed by atoms with Crippen LogP contribution < -0.4 is 5.32 Å². The van der Waals surface area contributed by atoms with Crippen LogP contribution in [0, 0.1) is 11.8 Å². The van der Waals surface area contributed by atoms with E-state index in [1.165, 1.54) is 48.2 Å². The first-order valence-electron chi connectivity index (χ1n) is 16.4. The van der Waals surface area contributed by atoms with Gasteiger partial charge in [-0.1, -0.05) is 111 Å². The van der Waals surface area contributed by atoms with Crippen LogP contribution in [0.4, 0.5) is 0 Å². The van der Waals surface area contributed by atoms with E-state index in [1.807, 2.05) is 0 Å². The minimum Gasteiger partial charge on any atom is -0.383 e. The van der Waals surface area contributed by atoms with Crippen LogP contribution in [0.3, 0.4) is 0 Å². The van der Waals surface area contributed by atoms with Gasteiger partial charge in [0.05, 0.1) is 0 Å². The van der Waals surface area contributed by atoms with Crippen molar-refractivity contribution in [1.82, 2.24) is 15.1 Å². The SMILES string of the molecule is C=C(NCC(C1=CC=CC1)N(CC)CC)c1cccc(CC2CCN(CC(c3ccccc3)C3C=CC=CC3)CC2)c1. The highest BCUT2D eigenvalue weighted by atomic mass is 15.2. The molecule has 222 valence electrons. The van der Waals surface area contributed by atoms with E-state index in [9.17, 15) is 0 Å². The number of rotatable bonds is 14. The zero-order valence-corrected chi connectivity index (χ0v) is 25.9. The second kappa shape index (κ2) is 15.4. The first-order valence-corrected chi connectivity index (χ1v) is 16.4. The summed E-state index contributed by atoms with van der Waals surface area (Å²) in [5.74, 6) is 1.90. The molecule has 1 saturated heterocycles. The predicted octanol–water partition coefficient (Wildman–Crippen LogP) is 8.01. The Kier molecular flexibility index (Phi) is 11.1. The molecule has 2 aromatic carbocycles. The molecule has 1 N–H and O–H groups in total. The molecule has 0 radical (unpaired) electrons. The number of likely N-dealkylation sites (tertiary alicyclic amines) is 1. The van der Waals surface area contributed by atoms with Crippen molar-refractivity contribution < 1.29 is 0 Å². The van der Waals surface area contributed by atoms with Crippen molar-refractivity contribution in [2.45, 2.75) is 57.9 Å². The maximum absolute atomic E-state index is 4.44. The van der Waals surface area contributed by atoms with Gasteiger partial charge in [0.1, 0.15) is 0 Å². The zero-order chi connectivity index (χ0) is 29.1. The molecular formula is C39H51N3. The third kappa shape index (κ3) is 8.02. The van der Waals surface area contributed by atoms with Gasteiger partial charge in [-0.25, -0.2) is 0 Å². The van der Waals surface area contributed by atoms with Crippen molar-refractivity contribution >= 4 is 5.70 Å². The fraction of sp³-hybridized carbons (Fsp3) is 0.436. The van der Waals surface area contributed by atoms with Crippen LogP contribution in [0.2, 0.25) is 0 Å². The standard InChI is InChI=1S/C39H51N3/c1-4-42(5-2)39(36-20-12-13-21-36)29-40-31(3)37-22-14-15-33(28-37)27-32-23-25-41(26-24-32)30-38(34-16-8-6-9-17-34)35-18-10-7-11-19-35/h6-18,20,22,28,32,35,38-40H,3-5,19,21,23-27,29-30H2,1-2H3. The Morgan fingerprint density at radius 2 is 1.79 bits per heavy atom. The second-order valence-corrected chi connectivity index (χ2v) is 12.3.